The number of aromatic nitrogens is 3. The number of carbonyl (C=O) groups excluding carboxylic acids is 2. The van der Waals surface area contributed by atoms with Crippen LogP contribution < -0.4 is 21.9 Å². The van der Waals surface area contributed by atoms with Gasteiger partial charge in [-0.1, -0.05) is 6.07 Å². The molecule has 116 valence electrons. The molecule has 23 heavy (non-hydrogen) atoms. The number of urea groups is 1. The van der Waals surface area contributed by atoms with Crippen LogP contribution in [0.2, 0.25) is 0 Å². The molecule has 0 fully saturated rings. The second-order valence-electron chi connectivity index (χ2n) is 4.68. The lowest BCUT2D eigenvalue weighted by atomic mass is 10.2. The molecule has 3 aromatic rings. The van der Waals surface area contributed by atoms with Crippen molar-refractivity contribution >= 4 is 34.3 Å². The van der Waals surface area contributed by atoms with Crippen molar-refractivity contribution in [1.29, 1.82) is 0 Å². The molecule has 0 aliphatic heterocycles. The van der Waals surface area contributed by atoms with Crippen molar-refractivity contribution in [3.63, 3.8) is 0 Å². The maximum atomic E-state index is 12.4. The van der Waals surface area contributed by atoms with Gasteiger partial charge in [0.1, 0.15) is 5.65 Å². The molecule has 1 aromatic carbocycles. The highest BCUT2D eigenvalue weighted by atomic mass is 16.2. The minimum absolute atomic E-state index is 0.169. The fraction of sp³-hybridized carbons (Fsp3) is 0. The van der Waals surface area contributed by atoms with Gasteiger partial charge in [-0.15, -0.1) is 0 Å². The van der Waals surface area contributed by atoms with Crippen molar-refractivity contribution in [1.82, 2.24) is 15.0 Å². The largest absolute Gasteiger partial charge is 0.351 e. The summed E-state index contributed by atoms with van der Waals surface area (Å²) in [6.45, 7) is 0. The summed E-state index contributed by atoms with van der Waals surface area (Å²) in [5, 5.41) is 5.23. The fourth-order valence-corrected chi connectivity index (χ4v) is 2.17. The van der Waals surface area contributed by atoms with E-state index in [9.17, 15) is 14.4 Å². The van der Waals surface area contributed by atoms with Crippen LogP contribution in [0.3, 0.4) is 0 Å². The lowest BCUT2D eigenvalue weighted by Gasteiger charge is -2.07. The molecule has 2 aromatic heterocycles. The van der Waals surface area contributed by atoms with E-state index >= 15 is 0 Å². The molecule has 0 spiro atoms. The molecular formula is C14H12N6O3. The number of hydrogen-bond acceptors (Lipinski definition) is 4. The molecular weight excluding hydrogens is 300 g/mol. The molecule has 3 amide bonds. The molecule has 0 unspecified atom stereocenters. The Hall–Kier alpha value is -3.62. The Bertz CT molecular complexity index is 958. The third kappa shape index (κ3) is 2.88. The smallest absolute Gasteiger partial charge is 0.316 e. The maximum Gasteiger partial charge on any atom is 0.316 e. The van der Waals surface area contributed by atoms with Crippen LogP contribution in [-0.2, 0) is 0 Å². The number of H-pyrrole nitrogens is 2. The second kappa shape index (κ2) is 5.64. The number of primary amides is 1. The predicted molar refractivity (Wildman–Crippen MR) is 84.3 cm³/mol. The topological polar surface area (TPSA) is 146 Å². The second-order valence-corrected chi connectivity index (χ2v) is 4.68. The lowest BCUT2D eigenvalue weighted by Crippen LogP contribution is -2.19. The molecule has 0 saturated carbocycles. The van der Waals surface area contributed by atoms with Crippen LogP contribution in [0.15, 0.2) is 41.6 Å². The number of rotatable bonds is 3. The fourth-order valence-electron chi connectivity index (χ4n) is 2.17. The summed E-state index contributed by atoms with van der Waals surface area (Å²) in [5.41, 5.74) is 6.00. The highest BCUT2D eigenvalue weighted by Gasteiger charge is 2.15. The standard InChI is InChI=1S/C14H12N6O3/c15-14(23)20-8-3-1-2-7(4-8)19-12(21)9-5-16-11-10(9)13(22)18-6-17-11/h1-6H,(H,19,21)(H3,15,20,23)(H2,16,17,18,22). The van der Waals surface area contributed by atoms with Gasteiger partial charge in [0, 0.05) is 17.6 Å². The zero-order valence-electron chi connectivity index (χ0n) is 11.7. The average molecular weight is 312 g/mol. The molecule has 9 heteroatoms. The first-order valence-electron chi connectivity index (χ1n) is 6.57. The number of nitrogens with zero attached hydrogens (tertiary/aromatic N) is 1. The Morgan fingerprint density at radius 2 is 1.87 bits per heavy atom. The van der Waals surface area contributed by atoms with Crippen LogP contribution in [-0.4, -0.2) is 26.9 Å². The number of anilines is 2. The Balaban J connectivity index is 1.89. The van der Waals surface area contributed by atoms with E-state index in [2.05, 4.69) is 25.6 Å². The maximum absolute atomic E-state index is 12.4. The number of carbonyl (C=O) groups is 2. The monoisotopic (exact) mass is 312 g/mol. The van der Waals surface area contributed by atoms with Crippen LogP contribution in [0.25, 0.3) is 11.0 Å². The number of fused-ring (bicyclic) bond motifs is 1. The summed E-state index contributed by atoms with van der Waals surface area (Å²) < 4.78 is 0. The van der Waals surface area contributed by atoms with E-state index in [0.717, 1.165) is 0 Å². The van der Waals surface area contributed by atoms with E-state index in [0.29, 0.717) is 17.0 Å². The first-order chi connectivity index (χ1) is 11.0. The van der Waals surface area contributed by atoms with Gasteiger partial charge in [-0.05, 0) is 18.2 Å². The zero-order chi connectivity index (χ0) is 16.4. The van der Waals surface area contributed by atoms with Gasteiger partial charge in [-0.25, -0.2) is 9.78 Å². The highest BCUT2D eigenvalue weighted by molar-refractivity contribution is 6.12. The van der Waals surface area contributed by atoms with Gasteiger partial charge in [0.05, 0.1) is 17.3 Å². The normalized spacial score (nSPS) is 10.4. The molecule has 0 aliphatic carbocycles. The Morgan fingerprint density at radius 1 is 1.13 bits per heavy atom. The lowest BCUT2D eigenvalue weighted by molar-refractivity contribution is 0.102. The van der Waals surface area contributed by atoms with Crippen molar-refractivity contribution in [2.24, 2.45) is 5.73 Å². The van der Waals surface area contributed by atoms with Crippen LogP contribution >= 0.6 is 0 Å². The summed E-state index contributed by atoms with van der Waals surface area (Å²) in [6.07, 6.45) is 2.66. The number of nitrogens with two attached hydrogens (primary N) is 1. The molecule has 9 nitrogen and oxygen atoms in total. The Kier molecular flexibility index (Phi) is 3.51. The van der Waals surface area contributed by atoms with Gasteiger partial charge >= 0.3 is 6.03 Å². The highest BCUT2D eigenvalue weighted by Crippen LogP contribution is 2.17. The Morgan fingerprint density at radius 3 is 2.61 bits per heavy atom. The first kappa shape index (κ1) is 14.3. The molecule has 0 bridgehead atoms. The third-order valence-corrected chi connectivity index (χ3v) is 3.11. The summed E-state index contributed by atoms with van der Waals surface area (Å²) in [4.78, 5) is 44.2. The molecule has 0 saturated heterocycles. The summed E-state index contributed by atoms with van der Waals surface area (Å²) >= 11 is 0. The zero-order valence-corrected chi connectivity index (χ0v) is 11.7. The van der Waals surface area contributed by atoms with E-state index < -0.39 is 17.5 Å². The van der Waals surface area contributed by atoms with E-state index in [4.69, 9.17) is 5.73 Å². The van der Waals surface area contributed by atoms with Gasteiger partial charge in [0.2, 0.25) is 0 Å². The molecule has 3 rings (SSSR count). The number of amides is 3. The summed E-state index contributed by atoms with van der Waals surface area (Å²) in [5.74, 6) is -0.481. The number of hydrogen-bond donors (Lipinski definition) is 5. The number of nitrogens with one attached hydrogen (secondary N) is 4. The van der Waals surface area contributed by atoms with Gasteiger partial charge < -0.3 is 26.3 Å². The minimum atomic E-state index is -0.706. The van der Waals surface area contributed by atoms with Gasteiger partial charge in [-0.2, -0.15) is 0 Å². The summed E-state index contributed by atoms with van der Waals surface area (Å²) in [7, 11) is 0. The molecule has 0 aliphatic rings. The van der Waals surface area contributed by atoms with Crippen molar-refractivity contribution in [3.8, 4) is 0 Å². The van der Waals surface area contributed by atoms with E-state index in [1.54, 1.807) is 24.3 Å². The van der Waals surface area contributed by atoms with Crippen molar-refractivity contribution in [2.45, 2.75) is 0 Å². The van der Waals surface area contributed by atoms with Gasteiger partial charge in [-0.3, -0.25) is 9.59 Å². The van der Waals surface area contributed by atoms with Crippen LogP contribution in [0, 0.1) is 0 Å². The van der Waals surface area contributed by atoms with E-state index in [-0.39, 0.29) is 10.9 Å². The van der Waals surface area contributed by atoms with Crippen LogP contribution in [0.4, 0.5) is 16.2 Å². The predicted octanol–water partition coefficient (Wildman–Crippen LogP) is 0.994. The molecule has 0 radical (unpaired) electrons. The van der Waals surface area contributed by atoms with Crippen LogP contribution in [0.5, 0.6) is 0 Å². The van der Waals surface area contributed by atoms with E-state index in [1.165, 1.54) is 12.5 Å². The van der Waals surface area contributed by atoms with Crippen LogP contribution in [0.1, 0.15) is 10.4 Å². The summed E-state index contributed by atoms with van der Waals surface area (Å²) in [6, 6.07) is 5.75. The number of benzene rings is 1. The van der Waals surface area contributed by atoms with E-state index in [1.807, 2.05) is 0 Å². The average Bonchev–Trinajstić information content (AvgIpc) is 2.92. The minimum Gasteiger partial charge on any atom is -0.351 e. The van der Waals surface area contributed by atoms with Gasteiger partial charge in [0.25, 0.3) is 11.5 Å². The number of aromatic amines is 2. The SMILES string of the molecule is NC(=O)Nc1cccc(NC(=O)c2c[nH]c3nc[nH]c(=O)c23)c1. The third-order valence-electron chi connectivity index (χ3n) is 3.11. The molecule has 2 heterocycles. The quantitative estimate of drug-likeness (QED) is 0.491. The Labute approximate surface area is 128 Å². The van der Waals surface area contributed by atoms with Crippen molar-refractivity contribution < 1.29 is 9.59 Å². The van der Waals surface area contributed by atoms with Crippen molar-refractivity contribution in [2.75, 3.05) is 10.6 Å². The van der Waals surface area contributed by atoms with Gasteiger partial charge in [0.15, 0.2) is 0 Å². The molecule has 6 N–H and O–H groups in total. The van der Waals surface area contributed by atoms with Crippen molar-refractivity contribution in [3.05, 3.63) is 52.7 Å². The molecule has 0 atom stereocenters. The first-order valence-corrected chi connectivity index (χ1v) is 6.57.